The van der Waals surface area contributed by atoms with Gasteiger partial charge in [-0.05, 0) is 48.7 Å². The zero-order valence-corrected chi connectivity index (χ0v) is 14.9. The standard InChI is InChI=1S/C16H15ClN4S2/c1-11-13(17)3-2-4-14(11)19-15-20-21-16(23-15)22-10-7-12-5-8-18-9-6-12/h2-6,8-9H,7,10H2,1H3,(H,19,20). The van der Waals surface area contributed by atoms with E-state index in [4.69, 9.17) is 11.6 Å². The number of benzene rings is 1. The molecule has 2 aromatic heterocycles. The van der Waals surface area contributed by atoms with Gasteiger partial charge in [-0.15, -0.1) is 10.2 Å². The number of hydrogen-bond donors (Lipinski definition) is 1. The molecule has 1 N–H and O–H groups in total. The molecule has 3 rings (SSSR count). The Kier molecular flexibility index (Phi) is 5.48. The Balaban J connectivity index is 1.57. The van der Waals surface area contributed by atoms with Crippen molar-refractivity contribution in [2.75, 3.05) is 11.1 Å². The minimum atomic E-state index is 0.742. The largest absolute Gasteiger partial charge is 0.330 e. The molecule has 7 heteroatoms. The fraction of sp³-hybridized carbons (Fsp3) is 0.188. The summed E-state index contributed by atoms with van der Waals surface area (Å²) in [7, 11) is 0. The monoisotopic (exact) mass is 362 g/mol. The van der Waals surface area contributed by atoms with Crippen molar-refractivity contribution in [3.63, 3.8) is 0 Å². The zero-order valence-electron chi connectivity index (χ0n) is 12.5. The third-order valence-corrected chi connectivity index (χ3v) is 5.66. The minimum Gasteiger partial charge on any atom is -0.330 e. The van der Waals surface area contributed by atoms with Gasteiger partial charge in [0, 0.05) is 28.9 Å². The Morgan fingerprint density at radius 1 is 1.17 bits per heavy atom. The van der Waals surface area contributed by atoms with E-state index in [0.717, 1.165) is 37.9 Å². The maximum atomic E-state index is 6.13. The van der Waals surface area contributed by atoms with Crippen LogP contribution in [0.5, 0.6) is 0 Å². The van der Waals surface area contributed by atoms with Crippen molar-refractivity contribution in [3.05, 3.63) is 58.9 Å². The van der Waals surface area contributed by atoms with Crippen molar-refractivity contribution in [3.8, 4) is 0 Å². The van der Waals surface area contributed by atoms with Crippen molar-refractivity contribution in [2.24, 2.45) is 0 Å². The Bertz CT molecular complexity index is 777. The van der Waals surface area contributed by atoms with Crippen LogP contribution >= 0.6 is 34.7 Å². The lowest BCUT2D eigenvalue weighted by molar-refractivity contribution is 1.01. The third-order valence-electron chi connectivity index (χ3n) is 3.28. The normalized spacial score (nSPS) is 10.7. The average Bonchev–Trinajstić information content (AvgIpc) is 3.00. The van der Waals surface area contributed by atoms with Crippen LogP contribution in [-0.4, -0.2) is 20.9 Å². The predicted molar refractivity (Wildman–Crippen MR) is 98.0 cm³/mol. The first kappa shape index (κ1) is 16.2. The van der Waals surface area contributed by atoms with Gasteiger partial charge in [-0.1, -0.05) is 40.8 Å². The fourth-order valence-corrected chi connectivity index (χ4v) is 3.98. The molecule has 0 aliphatic heterocycles. The molecule has 23 heavy (non-hydrogen) atoms. The van der Waals surface area contributed by atoms with Gasteiger partial charge in [-0.2, -0.15) is 0 Å². The van der Waals surface area contributed by atoms with Crippen LogP contribution in [0.1, 0.15) is 11.1 Å². The molecule has 1 aromatic carbocycles. The summed E-state index contributed by atoms with van der Waals surface area (Å²) in [6.45, 7) is 1.98. The molecule has 0 spiro atoms. The lowest BCUT2D eigenvalue weighted by Gasteiger charge is -2.06. The van der Waals surface area contributed by atoms with Gasteiger partial charge >= 0.3 is 0 Å². The Labute approximate surface area is 148 Å². The van der Waals surface area contributed by atoms with Crippen LogP contribution in [0.2, 0.25) is 5.02 Å². The van der Waals surface area contributed by atoms with E-state index >= 15 is 0 Å². The molecule has 2 heterocycles. The van der Waals surface area contributed by atoms with Crippen LogP contribution < -0.4 is 5.32 Å². The van der Waals surface area contributed by atoms with Gasteiger partial charge in [0.1, 0.15) is 0 Å². The molecule has 0 saturated carbocycles. The summed E-state index contributed by atoms with van der Waals surface area (Å²) >= 11 is 9.39. The zero-order chi connectivity index (χ0) is 16.1. The van der Waals surface area contributed by atoms with Crippen molar-refractivity contribution >= 4 is 45.5 Å². The first-order chi connectivity index (χ1) is 11.2. The molecular formula is C16H15ClN4S2. The Morgan fingerprint density at radius 2 is 2.00 bits per heavy atom. The summed E-state index contributed by atoms with van der Waals surface area (Å²) in [5, 5.41) is 13.2. The summed E-state index contributed by atoms with van der Waals surface area (Å²) in [6, 6.07) is 9.86. The number of thioether (sulfide) groups is 1. The van der Waals surface area contributed by atoms with E-state index in [1.54, 1.807) is 23.1 Å². The first-order valence-electron chi connectivity index (χ1n) is 7.10. The summed E-state index contributed by atoms with van der Waals surface area (Å²) in [4.78, 5) is 4.02. The van der Waals surface area contributed by atoms with E-state index in [1.165, 1.54) is 5.56 Å². The number of nitrogens with zero attached hydrogens (tertiary/aromatic N) is 3. The number of nitrogens with one attached hydrogen (secondary N) is 1. The molecule has 4 nitrogen and oxygen atoms in total. The molecule has 0 saturated heterocycles. The van der Waals surface area contributed by atoms with Crippen molar-refractivity contribution < 1.29 is 0 Å². The molecule has 118 valence electrons. The van der Waals surface area contributed by atoms with Crippen LogP contribution in [0.3, 0.4) is 0 Å². The quantitative estimate of drug-likeness (QED) is 0.627. The number of hydrogen-bond acceptors (Lipinski definition) is 6. The number of aryl methyl sites for hydroxylation is 1. The maximum Gasteiger partial charge on any atom is 0.210 e. The minimum absolute atomic E-state index is 0.742. The van der Waals surface area contributed by atoms with Crippen LogP contribution in [-0.2, 0) is 6.42 Å². The van der Waals surface area contributed by atoms with Crippen LogP contribution in [0.4, 0.5) is 10.8 Å². The van der Waals surface area contributed by atoms with Gasteiger partial charge in [0.15, 0.2) is 4.34 Å². The number of pyridine rings is 1. The Morgan fingerprint density at radius 3 is 2.83 bits per heavy atom. The smallest absolute Gasteiger partial charge is 0.210 e. The van der Waals surface area contributed by atoms with Crippen LogP contribution in [0.25, 0.3) is 0 Å². The molecule has 0 aliphatic carbocycles. The molecule has 0 atom stereocenters. The first-order valence-corrected chi connectivity index (χ1v) is 9.28. The van der Waals surface area contributed by atoms with Gasteiger partial charge in [-0.3, -0.25) is 4.98 Å². The second-order valence-corrected chi connectivity index (χ2v) is 7.59. The molecule has 0 unspecified atom stereocenters. The SMILES string of the molecule is Cc1c(Cl)cccc1Nc1nnc(SCCc2ccncc2)s1. The van der Waals surface area contributed by atoms with E-state index in [2.05, 4.69) is 20.5 Å². The van der Waals surface area contributed by atoms with Gasteiger partial charge < -0.3 is 5.32 Å². The van der Waals surface area contributed by atoms with Gasteiger partial charge in [0.05, 0.1) is 0 Å². The number of aromatic nitrogens is 3. The number of halogens is 1. The van der Waals surface area contributed by atoms with Gasteiger partial charge in [0.25, 0.3) is 0 Å². The Hall–Kier alpha value is -1.63. The summed E-state index contributed by atoms with van der Waals surface area (Å²) in [5.74, 6) is 0.967. The summed E-state index contributed by atoms with van der Waals surface area (Å²) in [5.41, 5.74) is 3.25. The molecule has 0 bridgehead atoms. The lowest BCUT2D eigenvalue weighted by Crippen LogP contribution is -1.92. The van der Waals surface area contributed by atoms with Crippen molar-refractivity contribution in [1.29, 1.82) is 0 Å². The third kappa shape index (κ3) is 4.43. The number of rotatable bonds is 6. The fourth-order valence-electron chi connectivity index (χ4n) is 1.98. The van der Waals surface area contributed by atoms with Gasteiger partial charge in [0.2, 0.25) is 5.13 Å². The van der Waals surface area contributed by atoms with E-state index in [-0.39, 0.29) is 0 Å². The highest BCUT2D eigenvalue weighted by Crippen LogP contribution is 2.30. The summed E-state index contributed by atoms with van der Waals surface area (Å²) < 4.78 is 0.959. The summed E-state index contributed by atoms with van der Waals surface area (Å²) in [6.07, 6.45) is 4.63. The van der Waals surface area contributed by atoms with Crippen molar-refractivity contribution in [2.45, 2.75) is 17.7 Å². The van der Waals surface area contributed by atoms with E-state index in [0.29, 0.717) is 0 Å². The van der Waals surface area contributed by atoms with E-state index in [9.17, 15) is 0 Å². The van der Waals surface area contributed by atoms with Crippen LogP contribution in [0, 0.1) is 6.92 Å². The van der Waals surface area contributed by atoms with E-state index in [1.807, 2.05) is 49.6 Å². The van der Waals surface area contributed by atoms with E-state index < -0.39 is 0 Å². The average molecular weight is 363 g/mol. The topological polar surface area (TPSA) is 50.7 Å². The second-order valence-electron chi connectivity index (χ2n) is 4.86. The van der Waals surface area contributed by atoms with Gasteiger partial charge in [-0.25, -0.2) is 0 Å². The maximum absolute atomic E-state index is 6.13. The number of anilines is 2. The lowest BCUT2D eigenvalue weighted by atomic mass is 10.2. The molecule has 0 amide bonds. The molecular weight excluding hydrogens is 348 g/mol. The highest BCUT2D eigenvalue weighted by Gasteiger charge is 2.08. The highest BCUT2D eigenvalue weighted by atomic mass is 35.5. The predicted octanol–water partition coefficient (Wildman–Crippen LogP) is 4.97. The molecule has 3 aromatic rings. The molecule has 0 aliphatic rings. The van der Waals surface area contributed by atoms with Crippen LogP contribution in [0.15, 0.2) is 47.1 Å². The molecule has 0 fully saturated rings. The highest BCUT2D eigenvalue weighted by molar-refractivity contribution is 8.01. The van der Waals surface area contributed by atoms with Crippen molar-refractivity contribution in [1.82, 2.24) is 15.2 Å². The second kappa shape index (κ2) is 7.77. The molecule has 0 radical (unpaired) electrons.